The lowest BCUT2D eigenvalue weighted by Crippen LogP contribution is -2.27. The Balaban J connectivity index is 3.07. The first-order chi connectivity index (χ1) is 8.30. The molecule has 0 radical (unpaired) electrons. The van der Waals surface area contributed by atoms with Gasteiger partial charge in [0.2, 0.25) is 0 Å². The van der Waals surface area contributed by atoms with E-state index >= 15 is 0 Å². The topological polar surface area (TPSA) is 78.0 Å². The molecule has 18 heavy (non-hydrogen) atoms. The number of sulfone groups is 1. The molecule has 5 nitrogen and oxygen atoms in total. The van der Waals surface area contributed by atoms with E-state index in [1.807, 2.05) is 13.8 Å². The van der Waals surface area contributed by atoms with E-state index in [9.17, 15) is 8.42 Å². The fourth-order valence-corrected chi connectivity index (χ4v) is 3.87. The zero-order valence-electron chi connectivity index (χ0n) is 11.0. The predicted octanol–water partition coefficient (Wildman–Crippen LogP) is 1.38. The van der Waals surface area contributed by atoms with Crippen LogP contribution in [-0.2, 0) is 28.6 Å². The molecule has 1 heterocycles. The molecule has 1 aromatic rings. The van der Waals surface area contributed by atoms with Crippen molar-refractivity contribution in [3.05, 3.63) is 16.4 Å². The monoisotopic (exact) mass is 293 g/mol. The zero-order valence-corrected chi connectivity index (χ0v) is 12.6. The molecular formula is C11H20ClN3O2S. The molecule has 0 aliphatic carbocycles. The third kappa shape index (κ3) is 3.70. The molecule has 0 bridgehead atoms. The molecule has 0 saturated heterocycles. The Morgan fingerprint density at radius 1 is 1.44 bits per heavy atom. The maximum atomic E-state index is 11.9. The van der Waals surface area contributed by atoms with Gasteiger partial charge in [-0.25, -0.2) is 8.42 Å². The van der Waals surface area contributed by atoms with Gasteiger partial charge in [0.1, 0.15) is 0 Å². The van der Waals surface area contributed by atoms with E-state index in [2.05, 4.69) is 5.10 Å². The number of hydrogen-bond acceptors (Lipinski definition) is 4. The van der Waals surface area contributed by atoms with Crippen LogP contribution >= 0.6 is 11.6 Å². The second-order valence-corrected chi connectivity index (χ2v) is 6.90. The number of halogens is 1. The Labute approximate surface area is 113 Å². The maximum Gasteiger partial charge on any atom is 0.157 e. The van der Waals surface area contributed by atoms with E-state index < -0.39 is 9.84 Å². The lowest BCUT2D eigenvalue weighted by atomic mass is 10.3. The second-order valence-electron chi connectivity index (χ2n) is 4.41. The summed E-state index contributed by atoms with van der Waals surface area (Å²) < 4.78 is 25.5. The largest absolute Gasteiger partial charge is 0.327 e. The van der Waals surface area contributed by atoms with Gasteiger partial charge in [0.25, 0.3) is 0 Å². The minimum Gasteiger partial charge on any atom is -0.327 e. The summed E-state index contributed by atoms with van der Waals surface area (Å²) in [5, 5.41) is 4.76. The highest BCUT2D eigenvalue weighted by Crippen LogP contribution is 2.23. The van der Waals surface area contributed by atoms with Crippen molar-refractivity contribution in [2.24, 2.45) is 5.73 Å². The van der Waals surface area contributed by atoms with Crippen molar-refractivity contribution in [3.8, 4) is 0 Å². The van der Waals surface area contributed by atoms with Gasteiger partial charge in [0, 0.05) is 12.6 Å². The minimum absolute atomic E-state index is 0.0420. The molecule has 0 aliphatic rings. The quantitative estimate of drug-likeness (QED) is 0.859. The van der Waals surface area contributed by atoms with E-state index in [1.54, 1.807) is 11.6 Å². The first-order valence-corrected chi connectivity index (χ1v) is 8.20. The third-order valence-electron chi connectivity index (χ3n) is 2.57. The molecule has 0 spiro atoms. The van der Waals surface area contributed by atoms with Crippen molar-refractivity contribution < 1.29 is 8.42 Å². The van der Waals surface area contributed by atoms with Crippen LogP contribution in [0.2, 0.25) is 5.02 Å². The van der Waals surface area contributed by atoms with Crippen molar-refractivity contribution >= 4 is 21.4 Å². The average molecular weight is 294 g/mol. The van der Waals surface area contributed by atoms with Crippen molar-refractivity contribution in [3.63, 3.8) is 0 Å². The van der Waals surface area contributed by atoms with Crippen LogP contribution in [0.1, 0.15) is 32.2 Å². The van der Waals surface area contributed by atoms with E-state index in [4.69, 9.17) is 17.3 Å². The Kier molecular flexibility index (Phi) is 5.19. The van der Waals surface area contributed by atoms with E-state index in [1.165, 1.54) is 0 Å². The summed E-state index contributed by atoms with van der Waals surface area (Å²) in [6, 6.07) is -0.377. The van der Waals surface area contributed by atoms with Crippen molar-refractivity contribution in [2.45, 2.75) is 45.5 Å². The van der Waals surface area contributed by atoms with Gasteiger partial charge in [-0.3, -0.25) is 4.68 Å². The Morgan fingerprint density at radius 3 is 2.50 bits per heavy atom. The first-order valence-electron chi connectivity index (χ1n) is 6.00. The summed E-state index contributed by atoms with van der Waals surface area (Å²) in [6.45, 7) is 6.12. The molecule has 1 unspecified atom stereocenters. The second kappa shape index (κ2) is 6.04. The summed E-state index contributed by atoms with van der Waals surface area (Å²) >= 11 is 6.17. The van der Waals surface area contributed by atoms with Crippen LogP contribution < -0.4 is 5.73 Å². The predicted molar refractivity (Wildman–Crippen MR) is 73.4 cm³/mol. The lowest BCUT2D eigenvalue weighted by Gasteiger charge is -2.08. The van der Waals surface area contributed by atoms with E-state index in [-0.39, 0.29) is 17.5 Å². The molecule has 0 saturated carbocycles. The van der Waals surface area contributed by atoms with Crippen molar-refractivity contribution in [1.82, 2.24) is 9.78 Å². The molecule has 1 aromatic heterocycles. The molecule has 1 rings (SSSR count). The zero-order chi connectivity index (χ0) is 13.9. The molecule has 0 aliphatic heterocycles. The lowest BCUT2D eigenvalue weighted by molar-refractivity contribution is 0.580. The van der Waals surface area contributed by atoms with Crippen LogP contribution in [0.3, 0.4) is 0 Å². The molecule has 0 fully saturated rings. The van der Waals surface area contributed by atoms with Gasteiger partial charge in [-0.1, -0.05) is 18.5 Å². The number of hydrogen-bond donors (Lipinski definition) is 1. The average Bonchev–Trinajstić information content (AvgIpc) is 2.53. The van der Waals surface area contributed by atoms with Crippen LogP contribution in [-0.4, -0.2) is 30.0 Å². The van der Waals surface area contributed by atoms with Gasteiger partial charge < -0.3 is 5.73 Å². The summed E-state index contributed by atoms with van der Waals surface area (Å²) in [7, 11) is -3.25. The smallest absolute Gasteiger partial charge is 0.157 e. The number of nitrogens with zero attached hydrogens (tertiary/aromatic N) is 2. The fourth-order valence-electron chi connectivity index (χ4n) is 1.82. The molecule has 1 atom stereocenters. The van der Waals surface area contributed by atoms with Gasteiger partial charge in [-0.05, 0) is 20.3 Å². The van der Waals surface area contributed by atoms with Crippen LogP contribution in [0.15, 0.2) is 0 Å². The normalized spacial score (nSPS) is 13.8. The molecular weight excluding hydrogens is 274 g/mol. The molecule has 2 N–H and O–H groups in total. The number of rotatable bonds is 6. The van der Waals surface area contributed by atoms with Crippen LogP contribution in [0.5, 0.6) is 0 Å². The molecule has 104 valence electrons. The Morgan fingerprint density at radius 2 is 2.06 bits per heavy atom. The number of aromatic nitrogens is 2. The fraction of sp³-hybridized carbons (Fsp3) is 0.727. The molecule has 0 aromatic carbocycles. The van der Waals surface area contributed by atoms with E-state index in [0.29, 0.717) is 23.7 Å². The maximum absolute atomic E-state index is 11.9. The first kappa shape index (κ1) is 15.5. The molecule has 7 heteroatoms. The van der Waals surface area contributed by atoms with Gasteiger partial charge >= 0.3 is 0 Å². The van der Waals surface area contributed by atoms with Crippen LogP contribution in [0.25, 0.3) is 0 Å². The van der Waals surface area contributed by atoms with Crippen LogP contribution in [0.4, 0.5) is 0 Å². The van der Waals surface area contributed by atoms with Crippen molar-refractivity contribution in [2.75, 3.05) is 5.75 Å². The van der Waals surface area contributed by atoms with Crippen molar-refractivity contribution in [1.29, 1.82) is 0 Å². The summed E-state index contributed by atoms with van der Waals surface area (Å²) in [5.41, 5.74) is 6.84. The van der Waals surface area contributed by atoms with Gasteiger partial charge in [0.05, 0.1) is 27.9 Å². The summed E-state index contributed by atoms with van der Waals surface area (Å²) in [5.74, 6) is -0.145. The third-order valence-corrected chi connectivity index (χ3v) is 4.75. The summed E-state index contributed by atoms with van der Waals surface area (Å²) in [6.07, 6.45) is 0.687. The minimum atomic E-state index is -3.25. The van der Waals surface area contributed by atoms with Gasteiger partial charge in [0.15, 0.2) is 9.84 Å². The molecule has 0 amide bonds. The van der Waals surface area contributed by atoms with Gasteiger partial charge in [-0.15, -0.1) is 0 Å². The highest BCUT2D eigenvalue weighted by Gasteiger charge is 2.22. The highest BCUT2D eigenvalue weighted by atomic mass is 35.5. The summed E-state index contributed by atoms with van der Waals surface area (Å²) in [4.78, 5) is 0. The number of aryl methyl sites for hydroxylation is 2. The highest BCUT2D eigenvalue weighted by molar-refractivity contribution is 7.90. The Hall–Kier alpha value is -0.590. The van der Waals surface area contributed by atoms with Crippen LogP contribution in [0, 0.1) is 0 Å². The van der Waals surface area contributed by atoms with E-state index in [0.717, 1.165) is 5.69 Å². The number of nitrogens with two attached hydrogens (primary N) is 1. The SMILES string of the molecule is CCc1nn(CC)c(CS(=O)(=O)CC(C)N)c1Cl. The standard InChI is InChI=1S/C11H20ClN3O2S/c1-4-9-11(12)10(15(5-2)14-9)7-18(16,17)6-8(3)13/h8H,4-7,13H2,1-3H3. The Bertz CT molecular complexity index is 509. The van der Waals surface area contributed by atoms with Gasteiger partial charge in [-0.2, -0.15) is 5.10 Å².